The molecule has 0 atom stereocenters. The Bertz CT molecular complexity index is 555. The van der Waals surface area contributed by atoms with E-state index in [4.69, 9.17) is 5.73 Å². The van der Waals surface area contributed by atoms with Crippen molar-refractivity contribution in [2.45, 2.75) is 57.9 Å². The molecule has 0 fully saturated rings. The van der Waals surface area contributed by atoms with Gasteiger partial charge in [0.25, 0.3) is 0 Å². The van der Waals surface area contributed by atoms with Crippen molar-refractivity contribution in [3.8, 4) is 0 Å². The summed E-state index contributed by atoms with van der Waals surface area (Å²) < 4.78 is 27.7. The Morgan fingerprint density at radius 3 is 2.00 bits per heavy atom. The first kappa shape index (κ1) is 18.1. The number of nitrogens with two attached hydrogens (primary N) is 1. The van der Waals surface area contributed by atoms with Gasteiger partial charge in [-0.15, -0.1) is 0 Å². The molecule has 4 nitrogen and oxygen atoms in total. The van der Waals surface area contributed by atoms with Gasteiger partial charge in [-0.25, -0.2) is 13.1 Å². The third-order valence-electron chi connectivity index (χ3n) is 3.05. The molecule has 0 radical (unpaired) electrons. The lowest BCUT2D eigenvalue weighted by molar-refractivity contribution is 0.269. The van der Waals surface area contributed by atoms with E-state index in [1.807, 2.05) is 26.0 Å². The monoisotopic (exact) mass is 312 g/mol. The van der Waals surface area contributed by atoms with Gasteiger partial charge in [0.2, 0.25) is 10.0 Å². The molecule has 1 aromatic carbocycles. The maximum absolute atomic E-state index is 12.5. The van der Waals surface area contributed by atoms with Gasteiger partial charge in [0.05, 0.1) is 4.90 Å². The lowest BCUT2D eigenvalue weighted by atomic mass is 9.82. The number of nitrogens with one attached hydrogen (secondary N) is 1. The van der Waals surface area contributed by atoms with E-state index in [9.17, 15) is 8.42 Å². The highest BCUT2D eigenvalue weighted by molar-refractivity contribution is 7.89. The van der Waals surface area contributed by atoms with Crippen LogP contribution in [-0.4, -0.2) is 20.5 Å². The van der Waals surface area contributed by atoms with E-state index in [0.29, 0.717) is 11.4 Å². The van der Waals surface area contributed by atoms with Crippen LogP contribution in [0.2, 0.25) is 0 Å². The van der Waals surface area contributed by atoms with Gasteiger partial charge >= 0.3 is 0 Å². The molecule has 0 saturated carbocycles. The fraction of sp³-hybridized carbons (Fsp3) is 0.625. The highest BCUT2D eigenvalue weighted by Gasteiger charge is 2.30. The molecule has 0 aromatic heterocycles. The molecular formula is C16H28N2O2S. The highest BCUT2D eigenvalue weighted by Crippen LogP contribution is 2.28. The fourth-order valence-electron chi connectivity index (χ4n) is 2.79. The normalized spacial score (nSPS) is 13.4. The van der Waals surface area contributed by atoms with Crippen molar-refractivity contribution in [3.63, 3.8) is 0 Å². The largest absolute Gasteiger partial charge is 0.330 e. The molecule has 5 heteroatoms. The fourth-order valence-corrected chi connectivity index (χ4v) is 4.20. The third-order valence-corrected chi connectivity index (χ3v) is 4.76. The van der Waals surface area contributed by atoms with E-state index in [1.165, 1.54) is 0 Å². The summed E-state index contributed by atoms with van der Waals surface area (Å²) in [6.45, 7) is 10.7. The number of sulfonamides is 1. The van der Waals surface area contributed by atoms with Crippen molar-refractivity contribution in [2.75, 3.05) is 6.54 Å². The Kier molecular flexibility index (Phi) is 5.58. The Morgan fingerprint density at radius 2 is 1.57 bits per heavy atom. The van der Waals surface area contributed by atoms with Crippen molar-refractivity contribution in [2.24, 2.45) is 11.1 Å². The topological polar surface area (TPSA) is 72.2 Å². The molecule has 0 amide bonds. The molecule has 0 unspecified atom stereocenters. The molecule has 0 aliphatic carbocycles. The maximum atomic E-state index is 12.5. The van der Waals surface area contributed by atoms with Gasteiger partial charge in [0.1, 0.15) is 0 Å². The Labute approximate surface area is 129 Å². The first-order valence-electron chi connectivity index (χ1n) is 7.28. The van der Waals surface area contributed by atoms with Crippen molar-refractivity contribution in [1.82, 2.24) is 4.72 Å². The molecule has 21 heavy (non-hydrogen) atoms. The molecule has 0 aliphatic heterocycles. The highest BCUT2D eigenvalue weighted by atomic mass is 32.2. The van der Waals surface area contributed by atoms with Crippen LogP contribution in [0.3, 0.4) is 0 Å². The number of benzene rings is 1. The minimum atomic E-state index is -3.50. The van der Waals surface area contributed by atoms with Crippen LogP contribution in [0.1, 0.15) is 46.6 Å². The van der Waals surface area contributed by atoms with Gasteiger partial charge in [0, 0.05) is 5.54 Å². The summed E-state index contributed by atoms with van der Waals surface area (Å²) in [4.78, 5) is 0.297. The predicted molar refractivity (Wildman–Crippen MR) is 87.7 cm³/mol. The SMILES string of the molecule is CC(C)(C)CC(C)(C)NS(=O)(=O)c1ccc(CCN)cc1. The smallest absolute Gasteiger partial charge is 0.241 e. The van der Waals surface area contributed by atoms with Crippen molar-refractivity contribution >= 4 is 10.0 Å². The van der Waals surface area contributed by atoms with Crippen LogP contribution >= 0.6 is 0 Å². The van der Waals surface area contributed by atoms with Crippen LogP contribution in [0.25, 0.3) is 0 Å². The first-order valence-corrected chi connectivity index (χ1v) is 8.77. The quantitative estimate of drug-likeness (QED) is 0.848. The van der Waals surface area contributed by atoms with Gasteiger partial charge in [0.15, 0.2) is 0 Å². The summed E-state index contributed by atoms with van der Waals surface area (Å²) in [6, 6.07) is 6.91. The van der Waals surface area contributed by atoms with Crippen LogP contribution < -0.4 is 10.5 Å². The standard InChI is InChI=1S/C16H28N2O2S/c1-15(2,3)12-16(4,5)18-21(19,20)14-8-6-13(7-9-14)10-11-17/h6-9,18H,10-12,17H2,1-5H3. The molecule has 0 spiro atoms. The third kappa shape index (κ3) is 6.16. The second kappa shape index (κ2) is 6.46. The molecule has 3 N–H and O–H groups in total. The van der Waals surface area contributed by atoms with Gasteiger partial charge < -0.3 is 5.73 Å². The molecule has 0 saturated heterocycles. The van der Waals surface area contributed by atoms with Crippen molar-refractivity contribution < 1.29 is 8.42 Å². The minimum Gasteiger partial charge on any atom is -0.330 e. The molecule has 0 heterocycles. The summed E-state index contributed by atoms with van der Waals surface area (Å²) in [6.07, 6.45) is 1.51. The Morgan fingerprint density at radius 1 is 1.05 bits per heavy atom. The Hall–Kier alpha value is -0.910. The van der Waals surface area contributed by atoms with Crippen LogP contribution in [-0.2, 0) is 16.4 Å². The average molecular weight is 312 g/mol. The van der Waals surface area contributed by atoms with Crippen LogP contribution in [0, 0.1) is 5.41 Å². The molecule has 0 aliphatic rings. The molecule has 120 valence electrons. The van der Waals surface area contributed by atoms with Crippen LogP contribution in [0.5, 0.6) is 0 Å². The molecule has 1 rings (SSSR count). The summed E-state index contributed by atoms with van der Waals surface area (Å²) in [5.74, 6) is 0. The zero-order valence-electron chi connectivity index (χ0n) is 13.7. The van der Waals surface area contributed by atoms with Gasteiger partial charge in [-0.3, -0.25) is 0 Å². The number of hydrogen-bond acceptors (Lipinski definition) is 3. The van der Waals surface area contributed by atoms with Crippen LogP contribution in [0.15, 0.2) is 29.2 Å². The van der Waals surface area contributed by atoms with E-state index in [-0.39, 0.29) is 5.41 Å². The van der Waals surface area contributed by atoms with E-state index in [1.54, 1.807) is 12.1 Å². The zero-order valence-corrected chi connectivity index (χ0v) is 14.5. The van der Waals surface area contributed by atoms with Gasteiger partial charge in [-0.05, 0) is 56.3 Å². The minimum absolute atomic E-state index is 0.0526. The van der Waals surface area contributed by atoms with Crippen molar-refractivity contribution in [1.29, 1.82) is 0 Å². The Balaban J connectivity index is 2.90. The lowest BCUT2D eigenvalue weighted by Gasteiger charge is -2.33. The second-order valence-electron chi connectivity index (χ2n) is 7.41. The lowest BCUT2D eigenvalue weighted by Crippen LogP contribution is -2.45. The van der Waals surface area contributed by atoms with E-state index in [0.717, 1.165) is 18.4 Å². The predicted octanol–water partition coefficient (Wildman–Crippen LogP) is 2.68. The second-order valence-corrected chi connectivity index (χ2v) is 9.09. The summed E-state index contributed by atoms with van der Waals surface area (Å²) >= 11 is 0. The van der Waals surface area contributed by atoms with E-state index >= 15 is 0 Å². The van der Waals surface area contributed by atoms with E-state index < -0.39 is 15.6 Å². The zero-order chi connectivity index (χ0) is 16.3. The van der Waals surface area contributed by atoms with Gasteiger partial charge in [-0.1, -0.05) is 32.9 Å². The summed E-state index contributed by atoms with van der Waals surface area (Å²) in [5.41, 5.74) is 6.10. The molecule has 1 aromatic rings. The first-order chi connectivity index (χ1) is 9.45. The van der Waals surface area contributed by atoms with Gasteiger partial charge in [-0.2, -0.15) is 0 Å². The summed E-state index contributed by atoms with van der Waals surface area (Å²) in [5, 5.41) is 0. The van der Waals surface area contributed by atoms with Crippen molar-refractivity contribution in [3.05, 3.63) is 29.8 Å². The van der Waals surface area contributed by atoms with Crippen LogP contribution in [0.4, 0.5) is 0 Å². The molecular weight excluding hydrogens is 284 g/mol. The maximum Gasteiger partial charge on any atom is 0.241 e. The summed E-state index contributed by atoms with van der Waals surface area (Å²) in [7, 11) is -3.50. The van der Waals surface area contributed by atoms with E-state index in [2.05, 4.69) is 25.5 Å². The number of hydrogen-bond donors (Lipinski definition) is 2. The average Bonchev–Trinajstić information content (AvgIpc) is 2.25. The number of rotatable bonds is 6. The molecule has 0 bridgehead atoms.